The van der Waals surface area contributed by atoms with Crippen LogP contribution >= 0.6 is 22.7 Å². The van der Waals surface area contributed by atoms with Crippen molar-refractivity contribution in [2.75, 3.05) is 0 Å². The van der Waals surface area contributed by atoms with Crippen molar-refractivity contribution >= 4 is 40.6 Å². The van der Waals surface area contributed by atoms with Gasteiger partial charge in [0.15, 0.2) is 5.78 Å². The van der Waals surface area contributed by atoms with Gasteiger partial charge in [0.05, 0.1) is 0 Å². The van der Waals surface area contributed by atoms with Crippen molar-refractivity contribution in [2.45, 2.75) is 33.1 Å². The highest BCUT2D eigenvalue weighted by Gasteiger charge is 2.20. The van der Waals surface area contributed by atoms with Crippen LogP contribution in [0.25, 0.3) is 12.2 Å². The molecule has 1 nitrogen and oxygen atoms in total. The Morgan fingerprint density at radius 2 is 1.33 bits per heavy atom. The monoisotopic (exact) mass is 314 g/mol. The molecule has 2 aromatic heterocycles. The Hall–Kier alpha value is -1.45. The number of hydrogen-bond acceptors (Lipinski definition) is 3. The molecule has 0 bridgehead atoms. The van der Waals surface area contributed by atoms with Crippen LogP contribution < -0.4 is 0 Å². The Bertz CT molecular complexity index is 668. The highest BCUT2D eigenvalue weighted by Crippen LogP contribution is 2.30. The summed E-state index contributed by atoms with van der Waals surface area (Å²) in [5, 5.41) is 0. The summed E-state index contributed by atoms with van der Waals surface area (Å²) in [6, 6.07) is 8.41. The zero-order chi connectivity index (χ0) is 14.8. The van der Waals surface area contributed by atoms with Gasteiger partial charge >= 0.3 is 0 Å². The maximum atomic E-state index is 12.6. The minimum Gasteiger partial charge on any atom is -0.289 e. The summed E-state index contributed by atoms with van der Waals surface area (Å²) >= 11 is 3.49. The summed E-state index contributed by atoms with van der Waals surface area (Å²) in [7, 11) is 0. The van der Waals surface area contributed by atoms with Gasteiger partial charge in [0, 0.05) is 30.7 Å². The number of allylic oxidation sites excluding steroid dienone is 2. The predicted octanol–water partition coefficient (Wildman–Crippen LogP) is 5.65. The van der Waals surface area contributed by atoms with Gasteiger partial charge in [-0.1, -0.05) is 0 Å². The molecule has 0 saturated heterocycles. The Labute approximate surface area is 133 Å². The number of hydrogen-bond donors (Lipinski definition) is 0. The largest absolute Gasteiger partial charge is 0.289 e. The van der Waals surface area contributed by atoms with E-state index in [1.54, 1.807) is 22.7 Å². The van der Waals surface area contributed by atoms with E-state index in [0.717, 1.165) is 30.4 Å². The van der Waals surface area contributed by atoms with Crippen molar-refractivity contribution in [3.8, 4) is 0 Å². The van der Waals surface area contributed by atoms with Gasteiger partial charge < -0.3 is 0 Å². The quantitative estimate of drug-likeness (QED) is 0.655. The fourth-order valence-corrected chi connectivity index (χ4v) is 4.27. The van der Waals surface area contributed by atoms with Gasteiger partial charge in [-0.05, 0) is 69.5 Å². The first kappa shape index (κ1) is 14.5. The molecule has 2 heterocycles. The second-order valence-corrected chi connectivity index (χ2v) is 8.06. The summed E-state index contributed by atoms with van der Waals surface area (Å²) in [4.78, 5) is 17.6. The molecule has 108 valence electrons. The van der Waals surface area contributed by atoms with Gasteiger partial charge in [-0.25, -0.2) is 0 Å². The summed E-state index contributed by atoms with van der Waals surface area (Å²) < 4.78 is 0. The van der Waals surface area contributed by atoms with Crippen LogP contribution in [0.2, 0.25) is 0 Å². The number of aryl methyl sites for hydroxylation is 2. The first-order valence-electron chi connectivity index (χ1n) is 7.20. The fraction of sp³-hybridized carbons (Fsp3) is 0.278. The van der Waals surface area contributed by atoms with Crippen LogP contribution in [-0.2, 0) is 4.79 Å². The molecule has 0 unspecified atom stereocenters. The number of carbonyl (C=O) groups is 1. The molecule has 0 spiro atoms. The van der Waals surface area contributed by atoms with E-state index < -0.39 is 0 Å². The van der Waals surface area contributed by atoms with Gasteiger partial charge in [-0.2, -0.15) is 0 Å². The topological polar surface area (TPSA) is 17.1 Å². The highest BCUT2D eigenvalue weighted by molar-refractivity contribution is 7.13. The lowest BCUT2D eigenvalue weighted by Crippen LogP contribution is -2.11. The van der Waals surface area contributed by atoms with Crippen molar-refractivity contribution < 1.29 is 4.79 Å². The SMILES string of the molecule is Cc1ccc(/C=C2\CCC/C(=C\c3ccc(C)s3)C2=O)s1. The van der Waals surface area contributed by atoms with Crippen LogP contribution in [0.3, 0.4) is 0 Å². The maximum absolute atomic E-state index is 12.6. The first-order chi connectivity index (χ1) is 10.1. The van der Waals surface area contributed by atoms with Crippen LogP contribution in [0.4, 0.5) is 0 Å². The molecule has 1 fully saturated rings. The second kappa shape index (κ2) is 6.12. The maximum Gasteiger partial charge on any atom is 0.185 e. The molecule has 0 aromatic carbocycles. The molecule has 1 aliphatic rings. The standard InChI is InChI=1S/C18H18OS2/c1-12-6-8-16(20-12)10-14-4-3-5-15(18(14)19)11-17-9-7-13(2)21-17/h6-11H,3-5H2,1-2H3/b14-10+,15-11+. The van der Waals surface area contributed by atoms with Crippen LogP contribution in [0, 0.1) is 13.8 Å². The average Bonchev–Trinajstić information content (AvgIpc) is 3.03. The molecule has 0 N–H and O–H groups in total. The third-order valence-electron chi connectivity index (χ3n) is 3.63. The smallest absolute Gasteiger partial charge is 0.185 e. The zero-order valence-electron chi connectivity index (χ0n) is 12.3. The van der Waals surface area contributed by atoms with Gasteiger partial charge in [0.2, 0.25) is 0 Å². The molecule has 2 aromatic rings. The number of rotatable bonds is 2. The average molecular weight is 314 g/mol. The van der Waals surface area contributed by atoms with E-state index in [2.05, 4.69) is 50.3 Å². The second-order valence-electron chi connectivity index (χ2n) is 5.42. The van der Waals surface area contributed by atoms with Crippen molar-refractivity contribution in [1.82, 2.24) is 0 Å². The van der Waals surface area contributed by atoms with E-state index in [-0.39, 0.29) is 5.78 Å². The molecule has 1 saturated carbocycles. The lowest BCUT2D eigenvalue weighted by molar-refractivity contribution is -0.112. The summed E-state index contributed by atoms with van der Waals surface area (Å²) in [6.07, 6.45) is 7.02. The fourth-order valence-electron chi connectivity index (χ4n) is 2.58. The number of carbonyl (C=O) groups excluding carboxylic acids is 1. The normalized spacial score (nSPS) is 19.6. The Kier molecular flexibility index (Phi) is 4.22. The molecule has 21 heavy (non-hydrogen) atoms. The molecule has 0 radical (unpaired) electrons. The summed E-state index contributed by atoms with van der Waals surface area (Å²) in [6.45, 7) is 4.19. The molecule has 1 aliphatic carbocycles. The molecule has 0 aliphatic heterocycles. The van der Waals surface area contributed by atoms with Crippen LogP contribution in [0.5, 0.6) is 0 Å². The number of ketones is 1. The predicted molar refractivity (Wildman–Crippen MR) is 92.9 cm³/mol. The van der Waals surface area contributed by atoms with Crippen molar-refractivity contribution in [2.24, 2.45) is 0 Å². The lowest BCUT2D eigenvalue weighted by atomic mass is 9.88. The van der Waals surface area contributed by atoms with Crippen molar-refractivity contribution in [3.63, 3.8) is 0 Å². The molecule has 0 amide bonds. The first-order valence-corrected chi connectivity index (χ1v) is 8.84. The van der Waals surface area contributed by atoms with E-state index in [4.69, 9.17) is 0 Å². The zero-order valence-corrected chi connectivity index (χ0v) is 13.9. The summed E-state index contributed by atoms with van der Waals surface area (Å²) in [5.74, 6) is 0.235. The van der Waals surface area contributed by atoms with Crippen molar-refractivity contribution in [1.29, 1.82) is 0 Å². The third kappa shape index (κ3) is 3.42. The van der Waals surface area contributed by atoms with Gasteiger partial charge in [0.1, 0.15) is 0 Å². The van der Waals surface area contributed by atoms with E-state index in [1.807, 2.05) is 0 Å². The highest BCUT2D eigenvalue weighted by atomic mass is 32.1. The lowest BCUT2D eigenvalue weighted by Gasteiger charge is -2.16. The minimum absolute atomic E-state index is 0.235. The minimum atomic E-state index is 0.235. The Morgan fingerprint density at radius 1 is 0.857 bits per heavy atom. The molecule has 3 heteroatoms. The Morgan fingerprint density at radius 3 is 1.71 bits per heavy atom. The van der Waals surface area contributed by atoms with E-state index in [9.17, 15) is 4.79 Å². The van der Waals surface area contributed by atoms with E-state index >= 15 is 0 Å². The molecule has 0 atom stereocenters. The number of thiophene rings is 2. The van der Waals surface area contributed by atoms with E-state index in [0.29, 0.717) is 0 Å². The Balaban J connectivity index is 1.87. The van der Waals surface area contributed by atoms with Gasteiger partial charge in [-0.3, -0.25) is 4.79 Å². The van der Waals surface area contributed by atoms with Crippen LogP contribution in [-0.4, -0.2) is 5.78 Å². The summed E-state index contributed by atoms with van der Waals surface area (Å²) in [5.41, 5.74) is 1.92. The van der Waals surface area contributed by atoms with Gasteiger partial charge in [-0.15, -0.1) is 22.7 Å². The number of Topliss-reactive ketones (excluding diaryl/α,β-unsaturated/α-hetero) is 1. The van der Waals surface area contributed by atoms with Gasteiger partial charge in [0.25, 0.3) is 0 Å². The van der Waals surface area contributed by atoms with Crippen molar-refractivity contribution in [3.05, 3.63) is 54.9 Å². The van der Waals surface area contributed by atoms with Crippen LogP contribution in [0.1, 0.15) is 38.8 Å². The third-order valence-corrected chi connectivity index (χ3v) is 5.53. The molecular weight excluding hydrogens is 296 g/mol. The molecule has 3 rings (SSSR count). The molecular formula is C18H18OS2. The van der Waals surface area contributed by atoms with E-state index in [1.165, 1.54) is 19.5 Å². The van der Waals surface area contributed by atoms with Crippen LogP contribution in [0.15, 0.2) is 35.4 Å².